The summed E-state index contributed by atoms with van der Waals surface area (Å²) in [6.45, 7) is 0. The van der Waals surface area contributed by atoms with E-state index in [1.54, 1.807) is 0 Å². The molecule has 0 bridgehead atoms. The summed E-state index contributed by atoms with van der Waals surface area (Å²) in [6.07, 6.45) is 0. The van der Waals surface area contributed by atoms with E-state index in [4.69, 9.17) is 0.594 Å². The molecular weight excluding hydrogens is 7110 g/mol. The van der Waals surface area contributed by atoms with Gasteiger partial charge in [0.25, 0.3) is 0 Å². The van der Waals surface area contributed by atoms with Gasteiger partial charge in [0, 0.05) is 0 Å². The molecule has 0 spiro atoms. The number of halogens is 56. The van der Waals surface area contributed by atoms with Crippen LogP contribution in [-0.2, 0) is 0 Å². The molecule has 0 radical (unpaired) electrons. The predicted octanol–water partition coefficient (Wildman–Crippen LogP) is 45.4. The van der Waals surface area contributed by atoms with Crippen molar-refractivity contribution in [2.75, 3.05) is 0 Å². The molecule has 0 aliphatic rings. The van der Waals surface area contributed by atoms with Crippen molar-refractivity contribution >= 4 is 734 Å². The van der Waals surface area contributed by atoms with E-state index in [1.165, 1.54) is 0 Å². The van der Waals surface area contributed by atoms with E-state index in [0.717, 1.165) is 0 Å². The van der Waals surface area contributed by atoms with E-state index in [1.807, 2.05) is 0 Å². The third-order valence-corrected chi connectivity index (χ3v) is 4300. The Bertz CT molecular complexity index is 1050. The Hall–Kier alpha value is 40.9. The standard InChI is InChI=1S/HI56/c1-30(2)32(5)34(7)36(9)38(11)40(13)42(15)44(17)46(19)48(21)50(23)52(25)54(27)56(29)55(28)53(26)51(24)49(22)47(20)45(18)43(16)41(14)39(12)37(10)35(8)33(6)31(3)4/h1H/q-1/i1D. The third-order valence-electron chi connectivity index (χ3n) is 2.12. The Kier molecular flexibility index (Phi) is 98.5. The molecule has 56 heteroatoms. The first kappa shape index (κ1) is 94.9. The second kappa shape index (κ2) is 58.1. The molecule has 0 nitrogen and oxygen atoms in total. The Morgan fingerprint density at radius 3 is 0.393 bits per heavy atom. The van der Waals surface area contributed by atoms with Crippen molar-refractivity contribution < 1.29 is 18.4 Å². The maximum absolute atomic E-state index is 8.26. The monoisotopic (exact) mass is 7110 g/mol. The van der Waals surface area contributed by atoms with Crippen LogP contribution in [-0.4, -0.2) is 0.594 Å². The van der Waals surface area contributed by atoms with Gasteiger partial charge < -0.3 is 0 Å². The van der Waals surface area contributed by atoms with Crippen molar-refractivity contribution in [3.8, 4) is 0 Å². The molecule has 0 saturated carbocycles. The summed E-state index contributed by atoms with van der Waals surface area (Å²) in [7, 11) is -15.7. The zero-order chi connectivity index (χ0) is 45.3. The van der Waals surface area contributed by atoms with Crippen molar-refractivity contribution in [1.82, 2.24) is 0 Å². The number of hydrogen-bond donors (Lipinski definition) is 0. The quantitative estimate of drug-likeness (QED) is 0.0719. The van der Waals surface area contributed by atoms with Crippen molar-refractivity contribution in [3.63, 3.8) is 0 Å². The van der Waals surface area contributed by atoms with Crippen LogP contribution in [0.15, 0.2) is 0 Å². The van der Waals surface area contributed by atoms with Crippen molar-refractivity contribution in [2.45, 2.75) is 0 Å². The van der Waals surface area contributed by atoms with Gasteiger partial charge in [-0.3, -0.25) is 0 Å². The van der Waals surface area contributed by atoms with E-state index in [2.05, 4.69) is 521 Å². The molecule has 56 heavy (non-hydrogen) atoms. The normalized spacial score (nSPS) is 19.2. The average Bonchev–Trinajstić information content (AvgIpc) is 3.21. The summed E-state index contributed by atoms with van der Waals surface area (Å²) in [4.78, 5) is 0. The molecule has 0 aliphatic heterocycles. The first-order valence-electron chi connectivity index (χ1n) is 8.24. The molecule has 0 amide bonds. The number of rotatable bonds is 27. The van der Waals surface area contributed by atoms with Crippen LogP contribution >= 0.6 is 734 Å². The minimum atomic E-state index is -0.722. The van der Waals surface area contributed by atoms with Gasteiger partial charge in [0.05, 0.1) is 0 Å². The molecule has 394 valence electrons. The van der Waals surface area contributed by atoms with E-state index in [-0.39, 0.29) is 18.4 Å². The van der Waals surface area contributed by atoms with Crippen LogP contribution < -0.4 is 18.4 Å². The molecule has 0 unspecified atom stereocenters. The molecule has 0 aromatic heterocycles. The van der Waals surface area contributed by atoms with Crippen LogP contribution in [0.4, 0.5) is 0 Å². The van der Waals surface area contributed by atoms with Crippen LogP contribution in [0.2, 0.25) is 0 Å². The average molecular weight is 7110 g/mol. The molecule has 0 aromatic carbocycles. The summed E-state index contributed by atoms with van der Waals surface area (Å²) in [5.41, 5.74) is 0. The summed E-state index contributed by atoms with van der Waals surface area (Å²) in [5.74, 6) is 0. The van der Waals surface area contributed by atoms with Gasteiger partial charge in [0.2, 0.25) is 0 Å². The second-order valence-corrected chi connectivity index (χ2v) is 1320. The third kappa shape index (κ3) is 39.8. The van der Waals surface area contributed by atoms with E-state index in [0.29, 0.717) is 0 Å². The molecular formula is HI56-. The molecule has 0 rings (SSSR count). The van der Waals surface area contributed by atoms with Gasteiger partial charge in [0.15, 0.2) is 0 Å². The molecule has 0 aromatic rings. The zero-order valence-corrected chi connectivity index (χ0v) is 142. The number of hydrogen-bond acceptors (Lipinski definition) is 0. The summed E-state index contributed by atoms with van der Waals surface area (Å²) < 4.78 is 8.26. The Labute approximate surface area is 708 Å². The van der Waals surface area contributed by atoms with Crippen LogP contribution in [0.1, 0.15) is 0 Å². The molecule has 0 aliphatic carbocycles. The topological polar surface area (TPSA) is 0 Å². The van der Waals surface area contributed by atoms with E-state index < -0.39 is 213 Å². The van der Waals surface area contributed by atoms with Gasteiger partial charge in [0.1, 0.15) is 0 Å². The first-order valence-corrected chi connectivity index (χ1v) is 354. The Morgan fingerprint density at radius 2 is 0.286 bits per heavy atom. The van der Waals surface area contributed by atoms with Crippen molar-refractivity contribution in [3.05, 3.63) is 0 Å². The van der Waals surface area contributed by atoms with Crippen LogP contribution in [0.5, 0.6) is 0 Å². The Balaban J connectivity index is 5.64. The Morgan fingerprint density at radius 1 is 0.179 bits per heavy atom. The molecule has 0 saturated heterocycles. The summed E-state index contributed by atoms with van der Waals surface area (Å²) in [5, 5.41) is 0. The predicted molar refractivity (Wildman–Crippen MR) is 772 cm³/mol. The molecule has 0 heterocycles. The van der Waals surface area contributed by atoms with E-state index in [9.17, 15) is 0 Å². The fourth-order valence-electron chi connectivity index (χ4n) is 0.771. The van der Waals surface area contributed by atoms with Crippen molar-refractivity contribution in [2.24, 2.45) is 0 Å². The fourth-order valence-corrected chi connectivity index (χ4v) is 10500. The maximum atomic E-state index is 8.26. The first-order chi connectivity index (χ1) is 25.9. The van der Waals surface area contributed by atoms with Crippen LogP contribution in [0.25, 0.3) is 0 Å². The molecule has 0 fully saturated rings. The second-order valence-electron chi connectivity index (χ2n) is 4.37. The summed E-state index contributed by atoms with van der Waals surface area (Å²) >= 11 is 92.0. The van der Waals surface area contributed by atoms with Crippen LogP contribution in [0.3, 0.4) is 0 Å². The molecule has 0 atom stereocenters. The van der Waals surface area contributed by atoms with Gasteiger partial charge in [-0.2, -0.15) is 0 Å². The van der Waals surface area contributed by atoms with Gasteiger partial charge in [-0.15, -0.1) is 0 Å². The van der Waals surface area contributed by atoms with Crippen molar-refractivity contribution in [1.29, 1.82) is 0.594 Å². The van der Waals surface area contributed by atoms with Gasteiger partial charge in [-0.1, -0.05) is 0 Å². The van der Waals surface area contributed by atoms with Gasteiger partial charge in [-0.05, 0) is 0 Å². The molecule has 0 N–H and O–H groups in total. The van der Waals surface area contributed by atoms with Crippen LogP contribution in [0, 0.1) is 0 Å². The van der Waals surface area contributed by atoms with Gasteiger partial charge >= 0.3 is 753 Å². The minimum absolute atomic E-state index is 0.0935. The SMILES string of the molecule is [2H][I-]I(I)I(I)I(I)I(I)I(I)I(I)I(I)I(I)I(I)I(I)I(I)I(I)I(I)I(I)I(I)I(I)I(I)I(I)I(I)I(I)I(I)I(I)I(I)I(I)I(I)I(I)I(I)I. The fraction of sp³-hybridized carbons (Fsp3) is 0. The zero-order valence-electron chi connectivity index (χ0n) is 22.2. The van der Waals surface area contributed by atoms with E-state index >= 15 is 0 Å². The van der Waals surface area contributed by atoms with Gasteiger partial charge in [-0.25, -0.2) is 0 Å². The summed E-state index contributed by atoms with van der Waals surface area (Å²) in [6, 6.07) is 0.